The second-order valence-electron chi connectivity index (χ2n) is 7.73. The monoisotopic (exact) mass is 472 g/mol. The number of carbonyl (C=O) groups is 1. The van der Waals surface area contributed by atoms with E-state index in [1.165, 1.54) is 0 Å². The molecule has 0 bridgehead atoms. The second-order valence-corrected chi connectivity index (χ2v) is 7.73. The van der Waals surface area contributed by atoms with Crippen molar-refractivity contribution in [1.29, 1.82) is 5.26 Å². The first-order valence-corrected chi connectivity index (χ1v) is 10.7. The van der Waals surface area contributed by atoms with Gasteiger partial charge >= 0.3 is 5.97 Å². The van der Waals surface area contributed by atoms with Crippen molar-refractivity contribution in [3.8, 4) is 34.8 Å². The van der Waals surface area contributed by atoms with Gasteiger partial charge in [-0.3, -0.25) is 4.79 Å². The molecule has 0 aliphatic carbocycles. The van der Waals surface area contributed by atoms with Crippen molar-refractivity contribution in [1.82, 2.24) is 0 Å². The fourth-order valence-electron chi connectivity index (χ4n) is 3.95. The van der Waals surface area contributed by atoms with E-state index in [4.69, 9.17) is 29.4 Å². The third-order valence-electron chi connectivity index (χ3n) is 5.68. The Morgan fingerprint density at radius 1 is 0.914 bits per heavy atom. The zero-order valence-corrected chi connectivity index (χ0v) is 19.5. The van der Waals surface area contributed by atoms with Crippen LogP contribution >= 0.6 is 0 Å². The fourth-order valence-corrected chi connectivity index (χ4v) is 3.95. The lowest BCUT2D eigenvalue weighted by Gasteiger charge is -2.27. The van der Waals surface area contributed by atoms with Gasteiger partial charge in [0.2, 0.25) is 5.88 Å². The van der Waals surface area contributed by atoms with Crippen molar-refractivity contribution in [3.05, 3.63) is 88.8 Å². The molecule has 1 unspecified atom stereocenters. The molecule has 1 aliphatic rings. The van der Waals surface area contributed by atoms with Gasteiger partial charge in [0.15, 0.2) is 0 Å². The number of methoxy groups -OCH3 is 3. The number of rotatable bonds is 7. The molecule has 35 heavy (non-hydrogen) atoms. The number of ether oxygens (including phenoxy) is 5. The van der Waals surface area contributed by atoms with Crippen molar-refractivity contribution in [2.45, 2.75) is 12.3 Å². The summed E-state index contributed by atoms with van der Waals surface area (Å²) in [5.41, 5.74) is 8.57. The molecule has 8 nitrogen and oxygen atoms in total. The molecule has 0 radical (unpaired) electrons. The highest BCUT2D eigenvalue weighted by molar-refractivity contribution is 5.75. The number of fused-ring (bicyclic) bond motifs is 1. The van der Waals surface area contributed by atoms with Crippen molar-refractivity contribution in [3.63, 3.8) is 0 Å². The van der Waals surface area contributed by atoms with E-state index >= 15 is 0 Å². The molecule has 0 saturated carbocycles. The standard InChI is InChI=1S/C27H24N2O6/c1-31-17-6-4-16(5-7-17)12-25(30)34-19-9-11-21-24(14-19)35-27(29)22(15-28)26(21)20-10-8-18(32-2)13-23(20)33-3/h4-11,13-14,26H,12,29H2,1-3H3. The maximum Gasteiger partial charge on any atom is 0.315 e. The van der Waals surface area contributed by atoms with E-state index in [-0.39, 0.29) is 17.9 Å². The highest BCUT2D eigenvalue weighted by Gasteiger charge is 2.33. The van der Waals surface area contributed by atoms with Crippen molar-refractivity contribution in [2.24, 2.45) is 5.73 Å². The quantitative estimate of drug-likeness (QED) is 0.404. The van der Waals surface area contributed by atoms with Crippen LogP contribution in [0.15, 0.2) is 72.1 Å². The zero-order valence-electron chi connectivity index (χ0n) is 19.5. The maximum absolute atomic E-state index is 12.5. The summed E-state index contributed by atoms with van der Waals surface area (Å²) < 4.78 is 27.3. The number of nitrogens with two attached hydrogens (primary N) is 1. The van der Waals surface area contributed by atoms with E-state index in [0.717, 1.165) is 11.1 Å². The predicted octanol–water partition coefficient (Wildman–Crippen LogP) is 4.08. The molecule has 0 amide bonds. The van der Waals surface area contributed by atoms with Crippen LogP contribution in [0.5, 0.6) is 28.7 Å². The smallest absolute Gasteiger partial charge is 0.315 e. The minimum atomic E-state index is -0.534. The molecule has 2 N–H and O–H groups in total. The van der Waals surface area contributed by atoms with Crippen molar-refractivity contribution < 1.29 is 28.5 Å². The molecule has 0 fully saturated rings. The molecular weight excluding hydrogens is 448 g/mol. The number of allylic oxidation sites excluding steroid dienone is 1. The molecule has 3 aromatic rings. The van der Waals surface area contributed by atoms with E-state index < -0.39 is 11.9 Å². The summed E-state index contributed by atoms with van der Waals surface area (Å²) in [5.74, 6) is 1.57. The zero-order chi connectivity index (χ0) is 24.9. The summed E-state index contributed by atoms with van der Waals surface area (Å²) in [6.07, 6.45) is 0.0915. The Bertz CT molecular complexity index is 1320. The first-order valence-electron chi connectivity index (χ1n) is 10.7. The molecule has 0 aromatic heterocycles. The first kappa shape index (κ1) is 23.5. The van der Waals surface area contributed by atoms with Crippen LogP contribution in [0.1, 0.15) is 22.6 Å². The molecule has 0 saturated heterocycles. The largest absolute Gasteiger partial charge is 0.497 e. The van der Waals surface area contributed by atoms with E-state index in [0.29, 0.717) is 34.3 Å². The Hall–Kier alpha value is -4.64. The minimum Gasteiger partial charge on any atom is -0.497 e. The Labute approximate surface area is 203 Å². The Kier molecular flexibility index (Phi) is 6.78. The number of nitriles is 1. The molecule has 4 rings (SSSR count). The predicted molar refractivity (Wildman–Crippen MR) is 128 cm³/mol. The van der Waals surface area contributed by atoms with Crippen LogP contribution in [0.2, 0.25) is 0 Å². The summed E-state index contributed by atoms with van der Waals surface area (Å²) in [6, 6.07) is 19.7. The van der Waals surface area contributed by atoms with E-state index in [1.807, 2.05) is 6.07 Å². The molecule has 178 valence electrons. The van der Waals surface area contributed by atoms with Crippen LogP contribution in [-0.2, 0) is 11.2 Å². The van der Waals surface area contributed by atoms with Gasteiger partial charge < -0.3 is 29.4 Å². The first-order chi connectivity index (χ1) is 17.0. The van der Waals surface area contributed by atoms with Gasteiger partial charge in [0.25, 0.3) is 0 Å². The van der Waals surface area contributed by atoms with Gasteiger partial charge in [0.1, 0.15) is 40.4 Å². The van der Waals surface area contributed by atoms with Gasteiger partial charge in [0.05, 0.1) is 33.7 Å². The van der Waals surface area contributed by atoms with Gasteiger partial charge in [-0.15, -0.1) is 0 Å². The molecule has 1 heterocycles. The lowest BCUT2D eigenvalue weighted by atomic mass is 9.83. The lowest BCUT2D eigenvalue weighted by molar-refractivity contribution is -0.133. The van der Waals surface area contributed by atoms with Crippen LogP contribution in [0.4, 0.5) is 0 Å². The number of benzene rings is 3. The molecule has 1 aliphatic heterocycles. The third-order valence-corrected chi connectivity index (χ3v) is 5.68. The van der Waals surface area contributed by atoms with Gasteiger partial charge in [-0.1, -0.05) is 24.3 Å². The summed E-state index contributed by atoms with van der Waals surface area (Å²) >= 11 is 0. The molecule has 3 aromatic carbocycles. The normalized spacial score (nSPS) is 14.3. The van der Waals surface area contributed by atoms with Gasteiger partial charge in [-0.25, -0.2) is 0 Å². The van der Waals surface area contributed by atoms with Gasteiger partial charge in [0, 0.05) is 23.3 Å². The second kappa shape index (κ2) is 10.1. The van der Waals surface area contributed by atoms with Crippen molar-refractivity contribution >= 4 is 5.97 Å². The van der Waals surface area contributed by atoms with Crippen LogP contribution in [0, 0.1) is 11.3 Å². The molecule has 1 atom stereocenters. The summed E-state index contributed by atoms with van der Waals surface area (Å²) in [6.45, 7) is 0. The van der Waals surface area contributed by atoms with Crippen molar-refractivity contribution in [2.75, 3.05) is 21.3 Å². The SMILES string of the molecule is COc1ccc(CC(=O)Oc2ccc3c(c2)OC(N)=C(C#N)C3c2ccc(OC)cc2OC)cc1. The Balaban J connectivity index is 1.63. The molecule has 0 spiro atoms. The number of esters is 1. The molecule has 8 heteroatoms. The van der Waals surface area contributed by atoms with Crippen LogP contribution in [0.25, 0.3) is 0 Å². The average Bonchev–Trinajstić information content (AvgIpc) is 2.87. The Morgan fingerprint density at radius 3 is 2.23 bits per heavy atom. The van der Waals surface area contributed by atoms with Crippen LogP contribution in [0.3, 0.4) is 0 Å². The van der Waals surface area contributed by atoms with Crippen LogP contribution in [-0.4, -0.2) is 27.3 Å². The topological polar surface area (TPSA) is 113 Å². The molecular formula is C27H24N2O6. The highest BCUT2D eigenvalue weighted by Crippen LogP contribution is 2.46. The van der Waals surface area contributed by atoms with Gasteiger partial charge in [-0.2, -0.15) is 5.26 Å². The fraction of sp³-hybridized carbons (Fsp3) is 0.185. The summed E-state index contributed by atoms with van der Waals surface area (Å²) in [7, 11) is 4.69. The minimum absolute atomic E-state index is 0.0235. The number of hydrogen-bond acceptors (Lipinski definition) is 8. The maximum atomic E-state index is 12.5. The Morgan fingerprint density at radius 2 is 1.57 bits per heavy atom. The van der Waals surface area contributed by atoms with Crippen LogP contribution < -0.4 is 29.4 Å². The summed E-state index contributed by atoms with van der Waals surface area (Å²) in [5, 5.41) is 9.82. The average molecular weight is 472 g/mol. The van der Waals surface area contributed by atoms with E-state index in [9.17, 15) is 10.1 Å². The number of nitrogens with zero attached hydrogens (tertiary/aromatic N) is 1. The number of hydrogen-bond donors (Lipinski definition) is 1. The highest BCUT2D eigenvalue weighted by atomic mass is 16.5. The van der Waals surface area contributed by atoms with Gasteiger partial charge in [-0.05, 0) is 29.8 Å². The number of carbonyl (C=O) groups excluding carboxylic acids is 1. The lowest BCUT2D eigenvalue weighted by Crippen LogP contribution is -2.21. The summed E-state index contributed by atoms with van der Waals surface area (Å²) in [4.78, 5) is 12.5. The van der Waals surface area contributed by atoms with E-state index in [2.05, 4.69) is 6.07 Å². The third kappa shape index (κ3) is 4.84. The van der Waals surface area contributed by atoms with E-state index in [1.54, 1.807) is 75.9 Å².